The second-order valence-electron chi connectivity index (χ2n) is 11.4. The third-order valence-electron chi connectivity index (χ3n) is 8.95. The lowest BCUT2D eigenvalue weighted by Gasteiger charge is -2.31. The minimum atomic E-state index is -0.846. The third kappa shape index (κ3) is 4.16. The Morgan fingerprint density at radius 1 is 1.15 bits per heavy atom. The first-order valence-corrected chi connectivity index (χ1v) is 14.3. The first kappa shape index (κ1) is 25.5. The zero-order valence-corrected chi connectivity index (χ0v) is 22.7. The van der Waals surface area contributed by atoms with Gasteiger partial charge < -0.3 is 19.5 Å². The maximum atomic E-state index is 14.4. The van der Waals surface area contributed by atoms with E-state index in [0.29, 0.717) is 68.6 Å². The molecule has 0 bridgehead atoms. The van der Waals surface area contributed by atoms with Gasteiger partial charge in [0.1, 0.15) is 29.9 Å². The summed E-state index contributed by atoms with van der Waals surface area (Å²) in [5.41, 5.74) is 1.35. The van der Waals surface area contributed by atoms with E-state index in [1.54, 1.807) is 17.0 Å². The summed E-state index contributed by atoms with van der Waals surface area (Å²) in [7, 11) is 0. The molecule has 0 spiro atoms. The van der Waals surface area contributed by atoms with Crippen LogP contribution in [-0.4, -0.2) is 83.6 Å². The Morgan fingerprint density at radius 2 is 2.02 bits per heavy atom. The van der Waals surface area contributed by atoms with Crippen molar-refractivity contribution < 1.29 is 23.8 Å². The molecule has 0 saturated carbocycles. The molecule has 4 aliphatic rings. The number of nitrogens with zero attached hydrogens (tertiary/aromatic N) is 5. The predicted molar refractivity (Wildman–Crippen MR) is 149 cm³/mol. The number of anilines is 2. The van der Waals surface area contributed by atoms with Crippen LogP contribution < -0.4 is 14.5 Å². The van der Waals surface area contributed by atoms with E-state index in [2.05, 4.69) is 9.80 Å². The van der Waals surface area contributed by atoms with Crippen LogP contribution in [0.25, 0.3) is 10.8 Å². The van der Waals surface area contributed by atoms with Gasteiger partial charge in [0.2, 0.25) is 0 Å². The molecular formula is C30H34FN5O4. The van der Waals surface area contributed by atoms with Gasteiger partial charge in [-0.25, -0.2) is 4.39 Å². The highest BCUT2D eigenvalue weighted by molar-refractivity contribution is 6.17. The number of hydrogen-bond donors (Lipinski definition) is 1. The Morgan fingerprint density at radius 3 is 2.92 bits per heavy atom. The van der Waals surface area contributed by atoms with Crippen molar-refractivity contribution in [2.75, 3.05) is 55.8 Å². The quantitative estimate of drug-likeness (QED) is 0.507. The molecule has 0 aliphatic carbocycles. The number of phenols is 1. The van der Waals surface area contributed by atoms with Crippen LogP contribution in [0.3, 0.4) is 0 Å². The molecule has 9 nitrogen and oxygen atoms in total. The van der Waals surface area contributed by atoms with Gasteiger partial charge in [0.25, 0.3) is 5.91 Å². The number of carbonyl (C=O) groups is 1. The van der Waals surface area contributed by atoms with Gasteiger partial charge in [0, 0.05) is 44.1 Å². The molecule has 3 fully saturated rings. The van der Waals surface area contributed by atoms with E-state index >= 15 is 0 Å². The number of rotatable bonds is 5. The fraction of sp³-hybridized carbons (Fsp3) is 0.500. The Bertz CT molecular complexity index is 1460. The number of aromatic hydroxyl groups is 1. The Labute approximate surface area is 232 Å². The fourth-order valence-electron chi connectivity index (χ4n) is 7.06. The van der Waals surface area contributed by atoms with Crippen LogP contribution in [0.2, 0.25) is 0 Å². The monoisotopic (exact) mass is 547 g/mol. The average Bonchev–Trinajstić information content (AvgIpc) is 3.43. The SMILES string of the molecule is CC1c2nc(OC[C@@]34CCCN3C[C@H](F)C4)nc(N3CCCOCC3)c2C(=O)N1c1cc(O)cc2ccccc12. The topological polar surface area (TPSA) is 91.3 Å². The number of aromatic nitrogens is 2. The smallest absolute Gasteiger partial charge is 0.318 e. The van der Waals surface area contributed by atoms with Crippen molar-refractivity contribution in [3.63, 3.8) is 0 Å². The predicted octanol–water partition coefficient (Wildman–Crippen LogP) is 4.24. The Hall–Kier alpha value is -3.50. The molecule has 0 radical (unpaired) electrons. The van der Waals surface area contributed by atoms with Crippen LogP contribution in [0.4, 0.5) is 15.9 Å². The maximum Gasteiger partial charge on any atom is 0.318 e. The lowest BCUT2D eigenvalue weighted by atomic mass is 9.95. The second-order valence-corrected chi connectivity index (χ2v) is 11.4. The summed E-state index contributed by atoms with van der Waals surface area (Å²) in [5, 5.41) is 12.2. The standard InChI is InChI=1S/C30H34FN5O4/c1-19-26-25(28(38)36(19)24-15-22(37)14-20-6-2-3-7-23(20)24)27(34-9-5-12-39-13-11-34)33-29(32-26)40-18-30-8-4-10-35(30)17-21(31)16-30/h2-3,6-7,14-15,19,21,37H,4-5,8-13,16-18H2,1H3/t19?,21-,30+/m1/s1. The number of hydrogen-bond acceptors (Lipinski definition) is 8. The molecule has 1 aromatic heterocycles. The van der Waals surface area contributed by atoms with Crippen molar-refractivity contribution in [1.29, 1.82) is 0 Å². The Balaban J connectivity index is 1.29. The van der Waals surface area contributed by atoms with Crippen LogP contribution in [-0.2, 0) is 4.74 Å². The van der Waals surface area contributed by atoms with Crippen LogP contribution in [0, 0.1) is 0 Å². The molecule has 2 aromatic carbocycles. The van der Waals surface area contributed by atoms with Crippen molar-refractivity contribution in [1.82, 2.24) is 14.9 Å². The zero-order chi connectivity index (χ0) is 27.4. The molecular weight excluding hydrogens is 513 g/mol. The number of phenolic OH excluding ortho intramolecular Hbond substituents is 1. The highest BCUT2D eigenvalue weighted by atomic mass is 19.1. The summed E-state index contributed by atoms with van der Waals surface area (Å²) >= 11 is 0. The van der Waals surface area contributed by atoms with E-state index in [9.17, 15) is 14.3 Å². The Kier molecular flexibility index (Phi) is 6.27. The van der Waals surface area contributed by atoms with Crippen molar-refractivity contribution in [3.8, 4) is 11.8 Å². The van der Waals surface area contributed by atoms with Crippen LogP contribution in [0.1, 0.15) is 54.7 Å². The van der Waals surface area contributed by atoms with Crippen LogP contribution >= 0.6 is 0 Å². The average molecular weight is 548 g/mol. The molecule has 1 unspecified atom stereocenters. The maximum absolute atomic E-state index is 14.4. The summed E-state index contributed by atoms with van der Waals surface area (Å²) < 4.78 is 26.3. The van der Waals surface area contributed by atoms with Gasteiger partial charge in [-0.3, -0.25) is 14.6 Å². The molecule has 3 aromatic rings. The highest BCUT2D eigenvalue weighted by Gasteiger charge is 2.50. The normalized spacial score (nSPS) is 26.8. The summed E-state index contributed by atoms with van der Waals surface area (Å²) in [5.74, 6) is 0.430. The van der Waals surface area contributed by atoms with Gasteiger partial charge in [0.15, 0.2) is 0 Å². The fourth-order valence-corrected chi connectivity index (χ4v) is 7.06. The first-order chi connectivity index (χ1) is 19.4. The van der Waals surface area contributed by atoms with Gasteiger partial charge in [-0.15, -0.1) is 0 Å². The third-order valence-corrected chi connectivity index (χ3v) is 8.95. The molecule has 3 atom stereocenters. The van der Waals surface area contributed by atoms with Crippen molar-refractivity contribution in [2.45, 2.75) is 50.4 Å². The molecule has 7 rings (SSSR count). The van der Waals surface area contributed by atoms with Gasteiger partial charge in [-0.2, -0.15) is 9.97 Å². The molecule has 5 heterocycles. The van der Waals surface area contributed by atoms with E-state index in [1.807, 2.05) is 31.2 Å². The molecule has 40 heavy (non-hydrogen) atoms. The van der Waals surface area contributed by atoms with Crippen LogP contribution in [0.5, 0.6) is 11.8 Å². The lowest BCUT2D eigenvalue weighted by Crippen LogP contribution is -2.43. The number of fused-ring (bicyclic) bond motifs is 3. The molecule has 4 aliphatic heterocycles. The molecule has 10 heteroatoms. The van der Waals surface area contributed by atoms with Crippen molar-refractivity contribution in [2.24, 2.45) is 0 Å². The summed E-state index contributed by atoms with van der Waals surface area (Å²) in [6, 6.07) is 10.8. The van der Waals surface area contributed by atoms with Crippen molar-refractivity contribution >= 4 is 28.2 Å². The van der Waals surface area contributed by atoms with E-state index in [-0.39, 0.29) is 23.2 Å². The molecule has 210 valence electrons. The molecule has 1 N–H and O–H groups in total. The van der Waals surface area contributed by atoms with Gasteiger partial charge in [-0.1, -0.05) is 24.3 Å². The van der Waals surface area contributed by atoms with E-state index < -0.39 is 12.2 Å². The van der Waals surface area contributed by atoms with E-state index in [0.717, 1.165) is 36.6 Å². The number of amides is 1. The zero-order valence-electron chi connectivity index (χ0n) is 22.7. The minimum absolute atomic E-state index is 0.0905. The van der Waals surface area contributed by atoms with Gasteiger partial charge in [-0.05, 0) is 44.2 Å². The molecule has 1 amide bonds. The van der Waals surface area contributed by atoms with E-state index in [1.165, 1.54) is 0 Å². The number of carbonyl (C=O) groups excluding carboxylic acids is 1. The number of alkyl halides is 1. The van der Waals surface area contributed by atoms with E-state index in [4.69, 9.17) is 19.4 Å². The van der Waals surface area contributed by atoms with Gasteiger partial charge in [0.05, 0.1) is 29.6 Å². The first-order valence-electron chi connectivity index (χ1n) is 14.3. The molecule has 3 saturated heterocycles. The van der Waals surface area contributed by atoms with Crippen molar-refractivity contribution in [3.05, 3.63) is 47.7 Å². The summed E-state index contributed by atoms with van der Waals surface area (Å²) in [6.07, 6.45) is 2.35. The number of halogens is 1. The second kappa shape index (κ2) is 9.85. The van der Waals surface area contributed by atoms with Crippen LogP contribution in [0.15, 0.2) is 36.4 Å². The summed E-state index contributed by atoms with van der Waals surface area (Å²) in [4.78, 5) is 29.8. The number of ether oxygens (including phenoxy) is 2. The summed E-state index contributed by atoms with van der Waals surface area (Å²) in [6.45, 7) is 6.08. The highest BCUT2D eigenvalue weighted by Crippen LogP contribution is 2.45. The van der Waals surface area contributed by atoms with Gasteiger partial charge >= 0.3 is 6.01 Å². The number of benzene rings is 2. The minimum Gasteiger partial charge on any atom is -0.508 e. The largest absolute Gasteiger partial charge is 0.508 e. The lowest BCUT2D eigenvalue weighted by molar-refractivity contribution is 0.0992.